The van der Waals surface area contributed by atoms with Gasteiger partial charge in [0.05, 0.1) is 53.2 Å². The van der Waals surface area contributed by atoms with Gasteiger partial charge < -0.3 is 18.9 Å². The second-order valence-electron chi connectivity index (χ2n) is 8.77. The van der Waals surface area contributed by atoms with Crippen molar-refractivity contribution in [1.82, 2.24) is 4.57 Å². The summed E-state index contributed by atoms with van der Waals surface area (Å²) in [6.07, 6.45) is 1.75. The molecule has 0 bridgehead atoms. The Bertz CT molecular complexity index is 1590. The summed E-state index contributed by atoms with van der Waals surface area (Å²) in [5.74, 6) is 1.24. The van der Waals surface area contributed by atoms with Crippen molar-refractivity contribution >= 4 is 39.3 Å². The van der Waals surface area contributed by atoms with Crippen LogP contribution in [0.15, 0.2) is 61.9 Å². The molecule has 2 aromatic carbocycles. The Morgan fingerprint density at radius 1 is 1.13 bits per heavy atom. The molecule has 1 aliphatic rings. The average molecular weight is 602 g/mol. The number of hydrogen-bond acceptors (Lipinski definition) is 8. The molecule has 8 nitrogen and oxygen atoms in total. The number of esters is 1. The summed E-state index contributed by atoms with van der Waals surface area (Å²) >= 11 is 4.76. The monoisotopic (exact) mass is 600 g/mol. The zero-order valence-corrected chi connectivity index (χ0v) is 24.4. The number of thiazole rings is 1. The van der Waals surface area contributed by atoms with E-state index in [1.807, 2.05) is 38.1 Å². The molecule has 4 rings (SSSR count). The van der Waals surface area contributed by atoms with Gasteiger partial charge in [0.1, 0.15) is 5.75 Å². The van der Waals surface area contributed by atoms with Crippen LogP contribution in [0.1, 0.15) is 44.9 Å². The van der Waals surface area contributed by atoms with Gasteiger partial charge in [-0.1, -0.05) is 23.5 Å². The molecule has 10 heteroatoms. The van der Waals surface area contributed by atoms with Crippen LogP contribution in [0.4, 0.5) is 0 Å². The fourth-order valence-electron chi connectivity index (χ4n) is 4.24. The molecule has 0 aliphatic carbocycles. The van der Waals surface area contributed by atoms with E-state index in [1.165, 1.54) is 11.3 Å². The van der Waals surface area contributed by atoms with E-state index in [-0.39, 0.29) is 18.3 Å². The number of benzene rings is 2. The van der Waals surface area contributed by atoms with Crippen LogP contribution in [0.5, 0.6) is 17.2 Å². The minimum atomic E-state index is -0.753. The maximum atomic E-state index is 13.8. The molecular weight excluding hydrogens is 572 g/mol. The summed E-state index contributed by atoms with van der Waals surface area (Å²) in [6, 6.07) is 10.2. The van der Waals surface area contributed by atoms with Gasteiger partial charge >= 0.3 is 5.97 Å². The number of methoxy groups -OCH3 is 2. The van der Waals surface area contributed by atoms with Crippen molar-refractivity contribution in [2.24, 2.45) is 4.99 Å². The normalized spacial score (nSPS) is 15.3. The van der Waals surface area contributed by atoms with E-state index in [0.29, 0.717) is 43.4 Å². The lowest BCUT2D eigenvalue weighted by atomic mass is 9.95. The Labute approximate surface area is 233 Å². The quantitative estimate of drug-likeness (QED) is 0.357. The molecule has 200 valence electrons. The number of carbonyl (C=O) groups excluding carboxylic acids is 1. The number of aromatic nitrogens is 1. The van der Waals surface area contributed by atoms with E-state index in [9.17, 15) is 9.59 Å². The van der Waals surface area contributed by atoms with E-state index >= 15 is 0 Å². The zero-order valence-electron chi connectivity index (χ0n) is 22.0. The Hall–Kier alpha value is -3.37. The minimum absolute atomic E-state index is 0.0531. The van der Waals surface area contributed by atoms with Crippen molar-refractivity contribution < 1.29 is 23.7 Å². The van der Waals surface area contributed by atoms with Crippen LogP contribution in [0.25, 0.3) is 6.08 Å². The summed E-state index contributed by atoms with van der Waals surface area (Å²) in [4.78, 5) is 32.1. The number of halogens is 1. The number of rotatable bonds is 8. The van der Waals surface area contributed by atoms with Crippen LogP contribution in [-0.4, -0.2) is 37.5 Å². The van der Waals surface area contributed by atoms with Crippen molar-refractivity contribution in [1.29, 1.82) is 0 Å². The van der Waals surface area contributed by atoms with Crippen LogP contribution in [-0.2, 0) is 9.53 Å². The first-order valence-corrected chi connectivity index (χ1v) is 13.7. The third kappa shape index (κ3) is 5.42. The predicted molar refractivity (Wildman–Crippen MR) is 150 cm³/mol. The number of allylic oxidation sites excluding steroid dienone is 1. The molecule has 1 aromatic heterocycles. The fourth-order valence-corrected chi connectivity index (χ4v) is 5.84. The topological polar surface area (TPSA) is 88.4 Å². The van der Waals surface area contributed by atoms with Gasteiger partial charge in [-0.25, -0.2) is 9.79 Å². The SMILES string of the molecule is CCOC(=O)C1=C(C)N=c2sc(=Cc3ccc(OC)c(Br)c3)c(=O)n2C1c1ccc(OC(C)C)c(OC)c1. The van der Waals surface area contributed by atoms with Gasteiger partial charge in [0.25, 0.3) is 5.56 Å². The van der Waals surface area contributed by atoms with Crippen LogP contribution >= 0.6 is 27.3 Å². The highest BCUT2D eigenvalue weighted by Crippen LogP contribution is 2.36. The van der Waals surface area contributed by atoms with Crippen molar-refractivity contribution in [3.05, 3.63) is 83.0 Å². The first kappa shape index (κ1) is 27.7. The Kier molecular flexibility index (Phi) is 8.42. The van der Waals surface area contributed by atoms with Crippen molar-refractivity contribution in [3.8, 4) is 17.2 Å². The number of nitrogens with zero attached hydrogens (tertiary/aromatic N) is 2. The lowest BCUT2D eigenvalue weighted by Crippen LogP contribution is -2.40. The number of fused-ring (bicyclic) bond motifs is 1. The van der Waals surface area contributed by atoms with Crippen molar-refractivity contribution in [2.75, 3.05) is 20.8 Å². The van der Waals surface area contributed by atoms with Crippen LogP contribution in [0.3, 0.4) is 0 Å². The number of ether oxygens (including phenoxy) is 4. The molecule has 0 spiro atoms. The molecule has 0 fully saturated rings. The largest absolute Gasteiger partial charge is 0.496 e. The Morgan fingerprint density at radius 2 is 1.84 bits per heavy atom. The summed E-state index contributed by atoms with van der Waals surface area (Å²) in [5, 5.41) is 0. The third-order valence-corrected chi connectivity index (χ3v) is 7.46. The van der Waals surface area contributed by atoms with E-state index < -0.39 is 12.0 Å². The van der Waals surface area contributed by atoms with E-state index in [1.54, 1.807) is 50.8 Å². The smallest absolute Gasteiger partial charge is 0.338 e. The maximum Gasteiger partial charge on any atom is 0.338 e. The zero-order chi connectivity index (χ0) is 27.6. The summed E-state index contributed by atoms with van der Waals surface area (Å²) in [5.41, 5.74) is 2.03. The molecule has 0 amide bonds. The van der Waals surface area contributed by atoms with Gasteiger partial charge in [-0.15, -0.1) is 0 Å². The van der Waals surface area contributed by atoms with Gasteiger partial charge in [0.15, 0.2) is 16.3 Å². The highest BCUT2D eigenvalue weighted by atomic mass is 79.9. The summed E-state index contributed by atoms with van der Waals surface area (Å²) < 4.78 is 25.0. The van der Waals surface area contributed by atoms with Gasteiger partial charge in [0.2, 0.25) is 0 Å². The number of hydrogen-bond donors (Lipinski definition) is 0. The highest BCUT2D eigenvalue weighted by molar-refractivity contribution is 9.10. The summed E-state index contributed by atoms with van der Waals surface area (Å²) in [7, 11) is 3.15. The molecule has 0 saturated carbocycles. The van der Waals surface area contributed by atoms with E-state index in [0.717, 1.165) is 10.0 Å². The molecule has 0 N–H and O–H groups in total. The lowest BCUT2D eigenvalue weighted by molar-refractivity contribution is -0.139. The van der Waals surface area contributed by atoms with Crippen LogP contribution < -0.4 is 29.1 Å². The van der Waals surface area contributed by atoms with Gasteiger partial charge in [0, 0.05) is 0 Å². The fraction of sp³-hybridized carbons (Fsp3) is 0.321. The molecule has 1 atom stereocenters. The molecule has 38 heavy (non-hydrogen) atoms. The Morgan fingerprint density at radius 3 is 2.47 bits per heavy atom. The standard InChI is InChI=1S/C28H29BrN2O6S/c1-7-36-27(33)24-16(4)30-28-31(25(24)18-9-11-21(37-15(2)3)22(14-18)35-6)26(32)23(38-28)13-17-8-10-20(34-5)19(29)12-17/h8-15,25H,7H2,1-6H3. The van der Waals surface area contributed by atoms with Gasteiger partial charge in [-0.2, -0.15) is 0 Å². The predicted octanol–water partition coefficient (Wildman–Crippen LogP) is 4.37. The van der Waals surface area contributed by atoms with Crippen LogP contribution in [0.2, 0.25) is 0 Å². The molecule has 3 aromatic rings. The molecular formula is C28H29BrN2O6S. The number of carbonyl (C=O) groups is 1. The van der Waals surface area contributed by atoms with Gasteiger partial charge in [-0.05, 0) is 85.1 Å². The molecule has 1 unspecified atom stereocenters. The van der Waals surface area contributed by atoms with E-state index in [2.05, 4.69) is 20.9 Å². The molecule has 0 saturated heterocycles. The molecule has 1 aliphatic heterocycles. The Balaban J connectivity index is 1.93. The van der Waals surface area contributed by atoms with Gasteiger partial charge in [-0.3, -0.25) is 9.36 Å². The summed E-state index contributed by atoms with van der Waals surface area (Å²) in [6.45, 7) is 7.55. The minimum Gasteiger partial charge on any atom is -0.496 e. The van der Waals surface area contributed by atoms with Crippen molar-refractivity contribution in [3.63, 3.8) is 0 Å². The maximum absolute atomic E-state index is 13.8. The van der Waals surface area contributed by atoms with Crippen LogP contribution in [0, 0.1) is 0 Å². The molecule has 0 radical (unpaired) electrons. The van der Waals surface area contributed by atoms with Crippen molar-refractivity contribution in [2.45, 2.75) is 39.8 Å². The highest BCUT2D eigenvalue weighted by Gasteiger charge is 2.34. The average Bonchev–Trinajstić information content (AvgIpc) is 3.17. The first-order chi connectivity index (χ1) is 18.2. The second-order valence-corrected chi connectivity index (χ2v) is 10.6. The van der Waals surface area contributed by atoms with E-state index in [4.69, 9.17) is 18.9 Å². The molecule has 2 heterocycles. The lowest BCUT2D eigenvalue weighted by Gasteiger charge is -2.25. The second kappa shape index (κ2) is 11.6. The third-order valence-electron chi connectivity index (χ3n) is 5.86. The first-order valence-electron chi connectivity index (χ1n) is 12.1.